The number of hydrogen-bond donors (Lipinski definition) is 1. The van der Waals surface area contributed by atoms with Gasteiger partial charge in [0.1, 0.15) is 14.2 Å². The first-order valence-electron chi connectivity index (χ1n) is 7.26. The number of rotatable bonds is 5. The molecule has 0 spiro atoms. The second kappa shape index (κ2) is 7.66. The summed E-state index contributed by atoms with van der Waals surface area (Å²) in [5.74, 6) is -0.690. The smallest absolute Gasteiger partial charge is 0.266 e. The number of nitrogens with one attached hydrogen (secondary N) is 1. The Kier molecular flexibility index (Phi) is 5.69. The Bertz CT molecular complexity index is 1070. The van der Waals surface area contributed by atoms with Gasteiger partial charge in [-0.1, -0.05) is 47.0 Å². The molecule has 3 rings (SSSR count). The zero-order valence-corrected chi connectivity index (χ0v) is 17.3. The predicted octanol–water partition coefficient (Wildman–Crippen LogP) is 4.53. The van der Waals surface area contributed by atoms with Gasteiger partial charge in [-0.15, -0.1) is 22.7 Å². The van der Waals surface area contributed by atoms with Crippen LogP contribution in [0.5, 0.6) is 0 Å². The van der Waals surface area contributed by atoms with E-state index in [9.17, 15) is 13.2 Å². The number of thiophene rings is 1. The van der Waals surface area contributed by atoms with Gasteiger partial charge in [0.25, 0.3) is 10.0 Å². The highest BCUT2D eigenvalue weighted by molar-refractivity contribution is 7.90. The first kappa shape index (κ1) is 19.3. The highest BCUT2D eigenvalue weighted by atomic mass is 35.5. The Labute approximate surface area is 168 Å². The average molecular weight is 447 g/mol. The lowest BCUT2D eigenvalue weighted by molar-refractivity contribution is -0.118. The van der Waals surface area contributed by atoms with Crippen LogP contribution in [0.4, 0.5) is 0 Å². The molecule has 5 nitrogen and oxygen atoms in total. The number of benzene rings is 1. The van der Waals surface area contributed by atoms with Crippen molar-refractivity contribution < 1.29 is 13.2 Å². The molecular weight excluding hydrogens is 435 g/mol. The van der Waals surface area contributed by atoms with Crippen molar-refractivity contribution in [1.29, 1.82) is 0 Å². The molecule has 2 aromatic heterocycles. The van der Waals surface area contributed by atoms with Crippen molar-refractivity contribution in [3.05, 3.63) is 55.6 Å². The minimum absolute atomic E-state index is 0.00527. The molecule has 26 heavy (non-hydrogen) atoms. The molecule has 10 heteroatoms. The van der Waals surface area contributed by atoms with Gasteiger partial charge in [-0.05, 0) is 19.1 Å². The van der Waals surface area contributed by atoms with Crippen molar-refractivity contribution in [2.45, 2.75) is 18.2 Å². The summed E-state index contributed by atoms with van der Waals surface area (Å²) in [6.45, 7) is 1.98. The Balaban J connectivity index is 1.72. The fourth-order valence-corrected chi connectivity index (χ4v) is 6.16. The number of aromatic nitrogens is 1. The van der Waals surface area contributed by atoms with E-state index in [1.807, 2.05) is 35.9 Å². The Hall–Kier alpha value is -1.45. The number of amides is 1. The highest BCUT2D eigenvalue weighted by Crippen LogP contribution is 2.34. The maximum absolute atomic E-state index is 12.2. The van der Waals surface area contributed by atoms with Crippen molar-refractivity contribution in [2.24, 2.45) is 0 Å². The van der Waals surface area contributed by atoms with Gasteiger partial charge < -0.3 is 0 Å². The van der Waals surface area contributed by atoms with E-state index in [0.29, 0.717) is 5.69 Å². The van der Waals surface area contributed by atoms with E-state index in [2.05, 4.69) is 4.98 Å². The largest absolute Gasteiger partial charge is 0.274 e. The molecule has 0 aliphatic rings. The molecule has 0 aliphatic heterocycles. The maximum Gasteiger partial charge on any atom is 0.266 e. The number of carbonyl (C=O) groups is 1. The monoisotopic (exact) mass is 446 g/mol. The number of hydrogen-bond acceptors (Lipinski definition) is 6. The van der Waals surface area contributed by atoms with Crippen LogP contribution in [0.25, 0.3) is 10.6 Å². The molecule has 1 N–H and O–H groups in total. The summed E-state index contributed by atoms with van der Waals surface area (Å²) < 4.78 is 26.7. The van der Waals surface area contributed by atoms with Crippen molar-refractivity contribution >= 4 is 61.8 Å². The molecule has 0 unspecified atom stereocenters. The first-order valence-corrected chi connectivity index (χ1v) is 11.2. The first-order chi connectivity index (χ1) is 12.2. The van der Waals surface area contributed by atoms with Gasteiger partial charge in [0, 0.05) is 10.9 Å². The number of sulfonamides is 1. The number of thiazole rings is 1. The summed E-state index contributed by atoms with van der Waals surface area (Å²) in [5, 5.41) is 2.50. The van der Waals surface area contributed by atoms with Crippen LogP contribution in [0, 0.1) is 6.92 Å². The number of aryl methyl sites for hydroxylation is 1. The normalized spacial score (nSPS) is 11.5. The molecule has 2 heterocycles. The lowest BCUT2D eigenvalue weighted by atomic mass is 10.1. The quantitative estimate of drug-likeness (QED) is 0.624. The molecule has 0 saturated heterocycles. The number of halogens is 2. The molecule has 0 bridgehead atoms. The second-order valence-electron chi connectivity index (χ2n) is 5.41. The standard InChI is InChI=1S/C16H12Cl2N2O3S3/c1-9-3-2-4-10(5-9)16-19-11(8-24-16)6-14(21)20-26(22,23)12-7-13(17)25-15(12)18/h2-5,7-8H,6H2,1H3,(H,20,21). The molecule has 0 radical (unpaired) electrons. The highest BCUT2D eigenvalue weighted by Gasteiger charge is 2.23. The van der Waals surface area contributed by atoms with Crippen LogP contribution < -0.4 is 4.72 Å². The fraction of sp³-hybridized carbons (Fsp3) is 0.125. The Morgan fingerprint density at radius 2 is 2.04 bits per heavy atom. The van der Waals surface area contributed by atoms with E-state index >= 15 is 0 Å². The summed E-state index contributed by atoms with van der Waals surface area (Å²) in [6, 6.07) is 9.06. The van der Waals surface area contributed by atoms with E-state index in [1.54, 1.807) is 5.38 Å². The zero-order valence-electron chi connectivity index (χ0n) is 13.3. The van der Waals surface area contributed by atoms with Gasteiger partial charge in [0.2, 0.25) is 5.91 Å². The van der Waals surface area contributed by atoms with Crippen molar-refractivity contribution in [2.75, 3.05) is 0 Å². The van der Waals surface area contributed by atoms with Crippen LogP contribution in [0.2, 0.25) is 8.67 Å². The summed E-state index contributed by atoms with van der Waals surface area (Å²) in [6.07, 6.45) is -0.156. The molecular formula is C16H12Cl2N2O3S3. The third-order valence-electron chi connectivity index (χ3n) is 3.32. The third kappa shape index (κ3) is 4.44. The topological polar surface area (TPSA) is 76.1 Å². The minimum Gasteiger partial charge on any atom is -0.274 e. The van der Waals surface area contributed by atoms with Gasteiger partial charge in [0.15, 0.2) is 0 Å². The van der Waals surface area contributed by atoms with Crippen LogP contribution in [-0.4, -0.2) is 19.3 Å². The average Bonchev–Trinajstić information content (AvgIpc) is 3.13. The summed E-state index contributed by atoms with van der Waals surface area (Å²) in [7, 11) is -4.07. The third-order valence-corrected chi connectivity index (χ3v) is 7.39. The number of carbonyl (C=O) groups excluding carboxylic acids is 1. The maximum atomic E-state index is 12.2. The fourth-order valence-electron chi connectivity index (χ4n) is 2.21. The van der Waals surface area contributed by atoms with E-state index in [4.69, 9.17) is 23.2 Å². The van der Waals surface area contributed by atoms with Crippen LogP contribution >= 0.6 is 45.9 Å². The van der Waals surface area contributed by atoms with Crippen molar-refractivity contribution in [1.82, 2.24) is 9.71 Å². The molecule has 3 aromatic rings. The molecule has 1 amide bonds. The van der Waals surface area contributed by atoms with E-state index in [0.717, 1.165) is 27.5 Å². The summed E-state index contributed by atoms with van der Waals surface area (Å²) in [5.41, 5.74) is 2.55. The van der Waals surface area contributed by atoms with E-state index in [1.165, 1.54) is 17.4 Å². The molecule has 1 aromatic carbocycles. The van der Waals surface area contributed by atoms with Crippen LogP contribution in [0.1, 0.15) is 11.3 Å². The van der Waals surface area contributed by atoms with Crippen LogP contribution in [-0.2, 0) is 21.2 Å². The van der Waals surface area contributed by atoms with Gasteiger partial charge >= 0.3 is 0 Å². The lowest BCUT2D eigenvalue weighted by Crippen LogP contribution is -2.31. The minimum atomic E-state index is -4.07. The second-order valence-corrected chi connectivity index (χ2v) is 10.2. The summed E-state index contributed by atoms with van der Waals surface area (Å²) in [4.78, 5) is 16.3. The predicted molar refractivity (Wildman–Crippen MR) is 106 cm³/mol. The molecule has 0 aliphatic carbocycles. The Morgan fingerprint density at radius 3 is 2.69 bits per heavy atom. The van der Waals surface area contributed by atoms with Gasteiger partial charge in [-0.2, -0.15) is 0 Å². The van der Waals surface area contributed by atoms with Gasteiger partial charge in [0.05, 0.1) is 16.5 Å². The molecule has 0 atom stereocenters. The van der Waals surface area contributed by atoms with Gasteiger partial charge in [-0.3, -0.25) is 4.79 Å². The zero-order chi connectivity index (χ0) is 18.9. The van der Waals surface area contributed by atoms with Crippen molar-refractivity contribution in [3.63, 3.8) is 0 Å². The SMILES string of the molecule is Cc1cccc(-c2nc(CC(=O)NS(=O)(=O)c3cc(Cl)sc3Cl)cs2)c1. The number of nitrogens with zero attached hydrogens (tertiary/aromatic N) is 1. The Morgan fingerprint density at radius 1 is 1.27 bits per heavy atom. The van der Waals surface area contributed by atoms with E-state index in [-0.39, 0.29) is 20.0 Å². The van der Waals surface area contributed by atoms with Crippen molar-refractivity contribution in [3.8, 4) is 10.6 Å². The lowest BCUT2D eigenvalue weighted by Gasteiger charge is -2.04. The molecule has 136 valence electrons. The van der Waals surface area contributed by atoms with E-state index < -0.39 is 15.9 Å². The van der Waals surface area contributed by atoms with Crippen LogP contribution in [0.15, 0.2) is 40.6 Å². The van der Waals surface area contributed by atoms with Crippen LogP contribution in [0.3, 0.4) is 0 Å². The van der Waals surface area contributed by atoms with Gasteiger partial charge in [-0.25, -0.2) is 18.1 Å². The molecule has 0 saturated carbocycles. The molecule has 0 fully saturated rings. The summed E-state index contributed by atoms with van der Waals surface area (Å²) >= 11 is 13.9.